The monoisotopic (exact) mass is 321 g/mol. The Bertz CT molecular complexity index is 543. The molecule has 0 saturated carbocycles. The zero-order valence-corrected chi connectivity index (χ0v) is 12.5. The van der Waals surface area contributed by atoms with Gasteiger partial charge in [0.15, 0.2) is 11.5 Å². The third-order valence-corrected chi connectivity index (χ3v) is 3.42. The Hall–Kier alpha value is -1.68. The summed E-state index contributed by atoms with van der Waals surface area (Å²) < 4.78 is 12.1. The molecule has 0 aromatic heterocycles. The smallest absolute Gasteiger partial charge is 0.163 e. The van der Waals surface area contributed by atoms with Gasteiger partial charge in [-0.05, 0) is 21.5 Å². The van der Waals surface area contributed by atoms with Crippen molar-refractivity contribution in [1.82, 2.24) is 0 Å². The highest BCUT2D eigenvalue weighted by atomic mass is 79.9. The van der Waals surface area contributed by atoms with Crippen molar-refractivity contribution in [3.63, 3.8) is 0 Å². The van der Waals surface area contributed by atoms with E-state index in [1.165, 1.54) is 0 Å². The van der Waals surface area contributed by atoms with E-state index in [4.69, 9.17) is 9.47 Å². The minimum absolute atomic E-state index is 0.516. The van der Waals surface area contributed by atoms with Gasteiger partial charge in [0.2, 0.25) is 0 Å². The third kappa shape index (κ3) is 3.41. The van der Waals surface area contributed by atoms with Gasteiger partial charge in [-0.15, -0.1) is 0 Å². The van der Waals surface area contributed by atoms with Crippen LogP contribution in [-0.2, 0) is 6.61 Å². The van der Waals surface area contributed by atoms with Crippen LogP contribution >= 0.6 is 15.9 Å². The largest absolute Gasteiger partial charge is 0.493 e. The number of ether oxygens (including phenoxy) is 2. The van der Waals surface area contributed by atoms with Gasteiger partial charge in [0.05, 0.1) is 12.8 Å². The van der Waals surface area contributed by atoms with Crippen molar-refractivity contribution in [1.29, 1.82) is 0 Å². The van der Waals surface area contributed by atoms with E-state index in [-0.39, 0.29) is 0 Å². The molecule has 0 radical (unpaired) electrons. The minimum atomic E-state index is 0.516. The molecular weight excluding hydrogens is 306 g/mol. The molecule has 4 heteroatoms. The molecule has 0 unspecified atom stereocenters. The van der Waals surface area contributed by atoms with Gasteiger partial charge in [-0.1, -0.05) is 30.3 Å². The number of hydrogen-bond acceptors (Lipinski definition) is 3. The number of hydrogen-bond donors (Lipinski definition) is 1. The highest BCUT2D eigenvalue weighted by Crippen LogP contribution is 2.36. The van der Waals surface area contributed by atoms with Crippen LogP contribution in [0.25, 0.3) is 0 Å². The van der Waals surface area contributed by atoms with Crippen molar-refractivity contribution in [2.75, 3.05) is 19.5 Å². The molecular formula is C15H16BrNO2. The molecule has 0 spiro atoms. The van der Waals surface area contributed by atoms with E-state index in [9.17, 15) is 0 Å². The van der Waals surface area contributed by atoms with Crippen LogP contribution in [0.1, 0.15) is 5.56 Å². The fourth-order valence-corrected chi connectivity index (χ4v) is 2.25. The lowest BCUT2D eigenvalue weighted by Crippen LogP contribution is -1.99. The van der Waals surface area contributed by atoms with Gasteiger partial charge in [0, 0.05) is 23.7 Å². The van der Waals surface area contributed by atoms with E-state index < -0.39 is 0 Å². The van der Waals surface area contributed by atoms with Gasteiger partial charge < -0.3 is 14.8 Å². The zero-order valence-electron chi connectivity index (χ0n) is 10.9. The Kier molecular flexibility index (Phi) is 4.68. The van der Waals surface area contributed by atoms with E-state index in [1.807, 2.05) is 49.5 Å². The van der Waals surface area contributed by atoms with Crippen LogP contribution in [0.2, 0.25) is 0 Å². The van der Waals surface area contributed by atoms with Crippen LogP contribution in [0, 0.1) is 0 Å². The minimum Gasteiger partial charge on any atom is -0.493 e. The Morgan fingerprint density at radius 1 is 1.11 bits per heavy atom. The maximum Gasteiger partial charge on any atom is 0.163 e. The zero-order chi connectivity index (χ0) is 13.7. The number of benzene rings is 2. The predicted octanol–water partition coefficient (Wildman–Crippen LogP) is 4.08. The van der Waals surface area contributed by atoms with Gasteiger partial charge >= 0.3 is 0 Å². The fourth-order valence-electron chi connectivity index (χ4n) is 1.73. The molecule has 0 saturated heterocycles. The molecule has 2 aromatic rings. The first-order chi connectivity index (χ1) is 9.24. The molecule has 2 rings (SSSR count). The van der Waals surface area contributed by atoms with Crippen molar-refractivity contribution in [3.8, 4) is 11.5 Å². The van der Waals surface area contributed by atoms with Crippen LogP contribution in [0.3, 0.4) is 0 Å². The highest BCUT2D eigenvalue weighted by Gasteiger charge is 2.09. The summed E-state index contributed by atoms with van der Waals surface area (Å²) in [5.41, 5.74) is 2.09. The molecule has 3 nitrogen and oxygen atoms in total. The Balaban J connectivity index is 2.19. The normalized spacial score (nSPS) is 10.1. The van der Waals surface area contributed by atoms with Crippen LogP contribution < -0.4 is 14.8 Å². The van der Waals surface area contributed by atoms with E-state index in [0.29, 0.717) is 12.4 Å². The summed E-state index contributed by atoms with van der Waals surface area (Å²) in [5, 5.41) is 3.10. The van der Waals surface area contributed by atoms with E-state index in [2.05, 4.69) is 21.2 Å². The summed E-state index contributed by atoms with van der Waals surface area (Å²) in [7, 11) is 3.50. The Morgan fingerprint density at radius 3 is 2.47 bits per heavy atom. The third-order valence-electron chi connectivity index (χ3n) is 2.76. The van der Waals surface area contributed by atoms with Crippen molar-refractivity contribution < 1.29 is 9.47 Å². The predicted molar refractivity (Wildman–Crippen MR) is 81.0 cm³/mol. The first kappa shape index (κ1) is 13.7. The molecule has 2 aromatic carbocycles. The van der Waals surface area contributed by atoms with Gasteiger partial charge in [-0.3, -0.25) is 0 Å². The summed E-state index contributed by atoms with van der Waals surface area (Å²) in [6.45, 7) is 0.516. The van der Waals surface area contributed by atoms with Gasteiger partial charge in [0.25, 0.3) is 0 Å². The molecule has 1 N–H and O–H groups in total. The van der Waals surface area contributed by atoms with Crippen LogP contribution in [0.5, 0.6) is 11.5 Å². The number of halogens is 1. The van der Waals surface area contributed by atoms with Crippen molar-refractivity contribution >= 4 is 21.6 Å². The van der Waals surface area contributed by atoms with E-state index >= 15 is 0 Å². The second-order valence-corrected chi connectivity index (χ2v) is 4.86. The fraction of sp³-hybridized carbons (Fsp3) is 0.200. The number of nitrogens with one attached hydrogen (secondary N) is 1. The van der Waals surface area contributed by atoms with E-state index in [0.717, 1.165) is 21.5 Å². The second-order valence-electron chi connectivity index (χ2n) is 4.01. The lowest BCUT2D eigenvalue weighted by atomic mass is 10.2. The molecule has 0 aliphatic rings. The van der Waals surface area contributed by atoms with Gasteiger partial charge in [0.1, 0.15) is 6.61 Å². The number of anilines is 1. The van der Waals surface area contributed by atoms with Gasteiger partial charge in [-0.2, -0.15) is 0 Å². The maximum absolute atomic E-state index is 5.83. The first-order valence-electron chi connectivity index (χ1n) is 5.96. The topological polar surface area (TPSA) is 30.5 Å². The van der Waals surface area contributed by atoms with Crippen molar-refractivity contribution in [3.05, 3.63) is 52.5 Å². The quantitative estimate of drug-likeness (QED) is 0.900. The first-order valence-corrected chi connectivity index (χ1v) is 6.76. The molecule has 0 amide bonds. The highest BCUT2D eigenvalue weighted by molar-refractivity contribution is 9.10. The van der Waals surface area contributed by atoms with E-state index in [1.54, 1.807) is 7.11 Å². The standard InChI is InChI=1S/C15H16BrNO2/c1-17-13-9-15(14(18-2)8-12(13)16)19-10-11-6-4-3-5-7-11/h3-9,17H,10H2,1-2H3. The van der Waals surface area contributed by atoms with Crippen LogP contribution in [-0.4, -0.2) is 14.2 Å². The Labute approximate surface area is 121 Å². The summed E-state index contributed by atoms with van der Waals surface area (Å²) in [4.78, 5) is 0. The van der Waals surface area contributed by atoms with Gasteiger partial charge in [-0.25, -0.2) is 0 Å². The lowest BCUT2D eigenvalue weighted by molar-refractivity contribution is 0.284. The van der Waals surface area contributed by atoms with Crippen molar-refractivity contribution in [2.45, 2.75) is 6.61 Å². The van der Waals surface area contributed by atoms with Crippen LogP contribution in [0.15, 0.2) is 46.9 Å². The second kappa shape index (κ2) is 6.48. The average Bonchev–Trinajstić information content (AvgIpc) is 2.46. The molecule has 0 aliphatic heterocycles. The SMILES string of the molecule is CNc1cc(OCc2ccccc2)c(OC)cc1Br. The summed E-state index contributed by atoms with van der Waals surface area (Å²) in [5.74, 6) is 1.43. The molecule has 100 valence electrons. The number of methoxy groups -OCH3 is 1. The maximum atomic E-state index is 5.83. The summed E-state index contributed by atoms with van der Waals surface area (Å²) >= 11 is 3.48. The average molecular weight is 322 g/mol. The number of rotatable bonds is 5. The molecule has 0 fully saturated rings. The van der Waals surface area contributed by atoms with Crippen LogP contribution in [0.4, 0.5) is 5.69 Å². The Morgan fingerprint density at radius 2 is 1.84 bits per heavy atom. The van der Waals surface area contributed by atoms with Crippen molar-refractivity contribution in [2.24, 2.45) is 0 Å². The molecule has 0 bridgehead atoms. The molecule has 0 aliphatic carbocycles. The summed E-state index contributed by atoms with van der Waals surface area (Å²) in [6.07, 6.45) is 0. The summed E-state index contributed by atoms with van der Waals surface area (Å²) in [6, 6.07) is 13.9. The molecule has 19 heavy (non-hydrogen) atoms. The molecule has 0 heterocycles. The lowest BCUT2D eigenvalue weighted by Gasteiger charge is -2.14. The molecule has 0 atom stereocenters.